The SMILES string of the molecule is CCOc1cc(CCN)ccc1OCCOc1ccc(C(C)C)cc1. The first-order valence-electron chi connectivity index (χ1n) is 8.95. The molecule has 2 aromatic rings. The number of benzene rings is 2. The second-order valence-electron chi connectivity index (χ2n) is 6.17. The van der Waals surface area contributed by atoms with Gasteiger partial charge in [-0.2, -0.15) is 0 Å². The van der Waals surface area contributed by atoms with Crippen molar-refractivity contribution in [3.05, 3.63) is 53.6 Å². The van der Waals surface area contributed by atoms with Crippen molar-refractivity contribution < 1.29 is 14.2 Å². The molecular weight excluding hydrogens is 314 g/mol. The topological polar surface area (TPSA) is 53.7 Å². The lowest BCUT2D eigenvalue weighted by Gasteiger charge is -2.14. The Hall–Kier alpha value is -2.20. The molecule has 0 aliphatic carbocycles. The Kier molecular flexibility index (Phi) is 7.61. The van der Waals surface area contributed by atoms with E-state index < -0.39 is 0 Å². The molecule has 0 unspecified atom stereocenters. The Morgan fingerprint density at radius 1 is 0.880 bits per heavy atom. The van der Waals surface area contributed by atoms with Crippen LogP contribution in [-0.4, -0.2) is 26.4 Å². The Labute approximate surface area is 150 Å². The monoisotopic (exact) mass is 343 g/mol. The van der Waals surface area contributed by atoms with Crippen LogP contribution in [0.5, 0.6) is 17.2 Å². The molecule has 0 radical (unpaired) electrons. The van der Waals surface area contributed by atoms with E-state index in [1.165, 1.54) is 5.56 Å². The van der Waals surface area contributed by atoms with Crippen LogP contribution >= 0.6 is 0 Å². The van der Waals surface area contributed by atoms with Gasteiger partial charge in [-0.15, -0.1) is 0 Å². The van der Waals surface area contributed by atoms with Crippen molar-refractivity contribution in [2.45, 2.75) is 33.1 Å². The third kappa shape index (κ3) is 5.98. The third-order valence-corrected chi connectivity index (χ3v) is 3.90. The van der Waals surface area contributed by atoms with Gasteiger partial charge in [0, 0.05) is 0 Å². The lowest BCUT2D eigenvalue weighted by atomic mass is 10.0. The molecular formula is C21H29NO3. The molecule has 2 N–H and O–H groups in total. The Balaban J connectivity index is 1.86. The minimum Gasteiger partial charge on any atom is -0.490 e. The standard InChI is InChI=1S/C21H29NO3/c1-4-23-21-15-17(11-12-22)5-10-20(21)25-14-13-24-19-8-6-18(7-9-19)16(2)3/h5-10,15-16H,4,11-14,22H2,1-3H3. The van der Waals surface area contributed by atoms with Crippen molar-refractivity contribution in [3.8, 4) is 17.2 Å². The van der Waals surface area contributed by atoms with E-state index in [0.29, 0.717) is 32.3 Å². The van der Waals surface area contributed by atoms with Crippen molar-refractivity contribution in [2.75, 3.05) is 26.4 Å². The number of hydrogen-bond acceptors (Lipinski definition) is 4. The Morgan fingerprint density at radius 2 is 1.60 bits per heavy atom. The normalized spacial score (nSPS) is 10.8. The Bertz CT molecular complexity index is 638. The summed E-state index contributed by atoms with van der Waals surface area (Å²) in [6, 6.07) is 14.2. The molecule has 25 heavy (non-hydrogen) atoms. The van der Waals surface area contributed by atoms with Gasteiger partial charge in [0.25, 0.3) is 0 Å². The summed E-state index contributed by atoms with van der Waals surface area (Å²) in [6.45, 7) is 8.48. The summed E-state index contributed by atoms with van der Waals surface area (Å²) in [5.74, 6) is 2.88. The molecule has 0 bridgehead atoms. The van der Waals surface area contributed by atoms with E-state index in [1.54, 1.807) is 0 Å². The number of hydrogen-bond donors (Lipinski definition) is 1. The summed E-state index contributed by atoms with van der Waals surface area (Å²) in [7, 11) is 0. The molecule has 4 heteroatoms. The fraction of sp³-hybridized carbons (Fsp3) is 0.429. The maximum absolute atomic E-state index is 5.83. The first kappa shape index (κ1) is 19.1. The van der Waals surface area contributed by atoms with Gasteiger partial charge < -0.3 is 19.9 Å². The summed E-state index contributed by atoms with van der Waals surface area (Å²) in [5, 5.41) is 0. The van der Waals surface area contributed by atoms with Gasteiger partial charge in [-0.05, 0) is 61.2 Å². The zero-order chi connectivity index (χ0) is 18.1. The number of rotatable bonds is 10. The van der Waals surface area contributed by atoms with E-state index in [9.17, 15) is 0 Å². The van der Waals surface area contributed by atoms with E-state index in [2.05, 4.69) is 26.0 Å². The highest BCUT2D eigenvalue weighted by Crippen LogP contribution is 2.28. The van der Waals surface area contributed by atoms with Crippen LogP contribution in [0.4, 0.5) is 0 Å². The summed E-state index contributed by atoms with van der Waals surface area (Å²) in [4.78, 5) is 0. The predicted octanol–water partition coefficient (Wildman–Crippen LogP) is 4.17. The van der Waals surface area contributed by atoms with Crippen molar-refractivity contribution in [2.24, 2.45) is 5.73 Å². The van der Waals surface area contributed by atoms with Gasteiger partial charge >= 0.3 is 0 Å². The molecule has 0 aromatic heterocycles. The van der Waals surface area contributed by atoms with Crippen molar-refractivity contribution in [1.82, 2.24) is 0 Å². The van der Waals surface area contributed by atoms with Crippen molar-refractivity contribution in [1.29, 1.82) is 0 Å². The highest BCUT2D eigenvalue weighted by atomic mass is 16.5. The molecule has 4 nitrogen and oxygen atoms in total. The zero-order valence-electron chi connectivity index (χ0n) is 15.5. The highest BCUT2D eigenvalue weighted by molar-refractivity contribution is 5.43. The van der Waals surface area contributed by atoms with Gasteiger partial charge in [-0.3, -0.25) is 0 Å². The minimum atomic E-state index is 0.461. The number of ether oxygens (including phenoxy) is 3. The maximum Gasteiger partial charge on any atom is 0.161 e. The molecule has 0 saturated heterocycles. The molecule has 0 saturated carbocycles. The van der Waals surface area contributed by atoms with E-state index in [0.717, 1.165) is 29.2 Å². The van der Waals surface area contributed by atoms with Gasteiger partial charge in [0.2, 0.25) is 0 Å². The van der Waals surface area contributed by atoms with Crippen LogP contribution in [0.25, 0.3) is 0 Å². The van der Waals surface area contributed by atoms with Gasteiger partial charge in [0.1, 0.15) is 19.0 Å². The second kappa shape index (κ2) is 9.94. The number of nitrogens with two attached hydrogens (primary N) is 1. The molecule has 0 amide bonds. The fourth-order valence-electron chi connectivity index (χ4n) is 2.52. The minimum absolute atomic E-state index is 0.461. The summed E-state index contributed by atoms with van der Waals surface area (Å²) >= 11 is 0. The van der Waals surface area contributed by atoms with Crippen LogP contribution in [0.1, 0.15) is 37.8 Å². The Morgan fingerprint density at radius 3 is 2.24 bits per heavy atom. The van der Waals surface area contributed by atoms with Gasteiger partial charge in [-0.1, -0.05) is 32.0 Å². The van der Waals surface area contributed by atoms with Crippen molar-refractivity contribution in [3.63, 3.8) is 0 Å². The molecule has 0 fully saturated rings. The van der Waals surface area contributed by atoms with Crippen molar-refractivity contribution >= 4 is 0 Å². The maximum atomic E-state index is 5.83. The smallest absolute Gasteiger partial charge is 0.161 e. The van der Waals surface area contributed by atoms with Gasteiger partial charge in [0.05, 0.1) is 6.61 Å². The van der Waals surface area contributed by atoms with Crippen LogP contribution in [0, 0.1) is 0 Å². The quantitative estimate of drug-likeness (QED) is 0.658. The van der Waals surface area contributed by atoms with E-state index in [-0.39, 0.29) is 0 Å². The molecule has 0 aliphatic rings. The molecule has 2 rings (SSSR count). The molecule has 2 aromatic carbocycles. The van der Waals surface area contributed by atoms with Crippen LogP contribution in [-0.2, 0) is 6.42 Å². The van der Waals surface area contributed by atoms with Crippen LogP contribution in [0.2, 0.25) is 0 Å². The molecule has 0 aliphatic heterocycles. The predicted molar refractivity (Wildman–Crippen MR) is 102 cm³/mol. The summed E-state index contributed by atoms with van der Waals surface area (Å²) in [6.07, 6.45) is 0.829. The van der Waals surface area contributed by atoms with Crippen LogP contribution < -0.4 is 19.9 Å². The van der Waals surface area contributed by atoms with Gasteiger partial charge in [-0.25, -0.2) is 0 Å². The lowest BCUT2D eigenvalue weighted by molar-refractivity contribution is 0.208. The lowest BCUT2D eigenvalue weighted by Crippen LogP contribution is -2.10. The fourth-order valence-corrected chi connectivity index (χ4v) is 2.52. The zero-order valence-corrected chi connectivity index (χ0v) is 15.5. The third-order valence-electron chi connectivity index (χ3n) is 3.90. The molecule has 136 valence electrons. The molecule has 0 heterocycles. The van der Waals surface area contributed by atoms with Gasteiger partial charge in [0.15, 0.2) is 11.5 Å². The van der Waals surface area contributed by atoms with Crippen LogP contribution in [0.15, 0.2) is 42.5 Å². The highest BCUT2D eigenvalue weighted by Gasteiger charge is 2.07. The summed E-state index contributed by atoms with van der Waals surface area (Å²) < 4.78 is 17.2. The van der Waals surface area contributed by atoms with Crippen LogP contribution in [0.3, 0.4) is 0 Å². The molecule has 0 spiro atoms. The van der Waals surface area contributed by atoms with E-state index >= 15 is 0 Å². The largest absolute Gasteiger partial charge is 0.490 e. The summed E-state index contributed by atoms with van der Waals surface area (Å²) in [5.41, 5.74) is 8.07. The van der Waals surface area contributed by atoms with E-state index in [1.807, 2.05) is 37.3 Å². The average Bonchev–Trinajstić information content (AvgIpc) is 2.61. The first-order valence-corrected chi connectivity index (χ1v) is 8.95. The van der Waals surface area contributed by atoms with E-state index in [4.69, 9.17) is 19.9 Å². The molecule has 0 atom stereocenters. The first-order chi connectivity index (χ1) is 12.1. The average molecular weight is 343 g/mol. The second-order valence-corrected chi connectivity index (χ2v) is 6.17.